The van der Waals surface area contributed by atoms with E-state index in [9.17, 15) is 5.11 Å². The summed E-state index contributed by atoms with van der Waals surface area (Å²) in [6.45, 7) is 0.683. The highest BCUT2D eigenvalue weighted by Crippen LogP contribution is 2.17. The van der Waals surface area contributed by atoms with Crippen molar-refractivity contribution in [3.63, 3.8) is 0 Å². The fraction of sp³-hybridized carbons (Fsp3) is 0.545. The lowest BCUT2D eigenvalue weighted by Crippen LogP contribution is -2.32. The molecule has 1 aromatic rings. The van der Waals surface area contributed by atoms with Crippen molar-refractivity contribution in [1.82, 2.24) is 4.98 Å². The first-order valence-electron chi connectivity index (χ1n) is 5.11. The largest absolute Gasteiger partial charge is 0.392 e. The Labute approximate surface area is 95.3 Å². The number of rotatable bonds is 6. The monoisotopic (exact) mass is 226 g/mol. The van der Waals surface area contributed by atoms with Crippen LogP contribution in [0.5, 0.6) is 0 Å². The van der Waals surface area contributed by atoms with Crippen molar-refractivity contribution in [1.29, 1.82) is 0 Å². The van der Waals surface area contributed by atoms with Gasteiger partial charge in [0.1, 0.15) is 0 Å². The van der Waals surface area contributed by atoms with Crippen molar-refractivity contribution in [3.8, 4) is 0 Å². The van der Waals surface area contributed by atoms with Gasteiger partial charge in [0.15, 0.2) is 0 Å². The predicted octanol–water partition coefficient (Wildman–Crippen LogP) is 0.0174. The lowest BCUT2D eigenvalue weighted by molar-refractivity contribution is 0.0694. The first-order valence-corrected chi connectivity index (χ1v) is 5.11. The Kier molecular flexibility index (Phi) is 5.18. The van der Waals surface area contributed by atoms with E-state index in [4.69, 9.17) is 9.84 Å². The summed E-state index contributed by atoms with van der Waals surface area (Å²) in [5, 5.41) is 18.8. The van der Waals surface area contributed by atoms with E-state index in [1.54, 1.807) is 19.5 Å². The number of aliphatic hydroxyl groups excluding tert-OH is 2. The molecule has 0 fully saturated rings. The summed E-state index contributed by atoms with van der Waals surface area (Å²) < 4.78 is 4.86. The lowest BCUT2D eigenvalue weighted by Gasteiger charge is -2.24. The van der Waals surface area contributed by atoms with E-state index >= 15 is 0 Å². The van der Waals surface area contributed by atoms with Gasteiger partial charge in [-0.25, -0.2) is 0 Å². The van der Waals surface area contributed by atoms with Crippen molar-refractivity contribution < 1.29 is 14.9 Å². The first kappa shape index (κ1) is 12.9. The number of aromatic nitrogens is 1. The molecule has 0 radical (unpaired) electrons. The highest BCUT2D eigenvalue weighted by atomic mass is 16.5. The first-order chi connectivity index (χ1) is 7.69. The topological polar surface area (TPSA) is 65.8 Å². The summed E-state index contributed by atoms with van der Waals surface area (Å²) in [7, 11) is 3.40. The highest BCUT2D eigenvalue weighted by molar-refractivity contribution is 5.51. The molecule has 1 atom stereocenters. The molecule has 90 valence electrons. The summed E-state index contributed by atoms with van der Waals surface area (Å²) in [4.78, 5) is 5.81. The maximum Gasteiger partial charge on any atom is 0.0947 e. The molecule has 0 aliphatic carbocycles. The highest BCUT2D eigenvalue weighted by Gasteiger charge is 2.11. The van der Waals surface area contributed by atoms with Gasteiger partial charge in [-0.3, -0.25) is 4.98 Å². The molecule has 1 heterocycles. The zero-order valence-electron chi connectivity index (χ0n) is 9.63. The Morgan fingerprint density at radius 1 is 1.56 bits per heavy atom. The SMILES string of the molecule is COCC(O)CN(C)c1ccncc1CO. The molecule has 1 unspecified atom stereocenters. The minimum absolute atomic E-state index is 0.0616. The second kappa shape index (κ2) is 6.42. The number of aliphatic hydroxyl groups is 2. The molecule has 0 aromatic carbocycles. The molecule has 2 N–H and O–H groups in total. The van der Waals surface area contributed by atoms with Gasteiger partial charge in [0, 0.05) is 44.3 Å². The molecule has 0 spiro atoms. The second-order valence-electron chi connectivity index (χ2n) is 3.65. The van der Waals surface area contributed by atoms with E-state index in [0.717, 1.165) is 11.3 Å². The lowest BCUT2D eigenvalue weighted by atomic mass is 10.2. The quantitative estimate of drug-likeness (QED) is 0.715. The third-order valence-corrected chi connectivity index (χ3v) is 2.30. The van der Waals surface area contributed by atoms with Gasteiger partial charge in [-0.15, -0.1) is 0 Å². The van der Waals surface area contributed by atoms with E-state index in [0.29, 0.717) is 13.2 Å². The number of ether oxygens (including phenoxy) is 1. The average Bonchev–Trinajstić information content (AvgIpc) is 2.29. The summed E-state index contributed by atoms with van der Waals surface area (Å²) in [6.07, 6.45) is 2.73. The number of likely N-dealkylation sites (N-methyl/N-ethyl adjacent to an activating group) is 1. The van der Waals surface area contributed by atoms with Gasteiger partial charge < -0.3 is 19.8 Å². The van der Waals surface area contributed by atoms with Crippen LogP contribution in [0.3, 0.4) is 0 Å². The standard InChI is InChI=1S/C11H18N2O3/c1-13(6-10(15)8-16-2)11-3-4-12-5-9(11)7-14/h3-5,10,14-15H,6-8H2,1-2H3. The molecule has 0 bridgehead atoms. The van der Waals surface area contributed by atoms with Gasteiger partial charge in [-0.1, -0.05) is 0 Å². The van der Waals surface area contributed by atoms with E-state index in [1.807, 2.05) is 18.0 Å². The van der Waals surface area contributed by atoms with Crippen LogP contribution in [0.2, 0.25) is 0 Å². The maximum absolute atomic E-state index is 9.60. The minimum atomic E-state index is -0.547. The molecule has 0 saturated heterocycles. The van der Waals surface area contributed by atoms with Crippen LogP contribution in [-0.2, 0) is 11.3 Å². The smallest absolute Gasteiger partial charge is 0.0947 e. The van der Waals surface area contributed by atoms with E-state index in [-0.39, 0.29) is 6.61 Å². The van der Waals surface area contributed by atoms with E-state index < -0.39 is 6.10 Å². The van der Waals surface area contributed by atoms with E-state index in [2.05, 4.69) is 4.98 Å². The summed E-state index contributed by atoms with van der Waals surface area (Å²) in [5.41, 5.74) is 1.61. The van der Waals surface area contributed by atoms with Gasteiger partial charge in [0.25, 0.3) is 0 Å². The van der Waals surface area contributed by atoms with Gasteiger partial charge in [-0.05, 0) is 6.07 Å². The molecule has 1 rings (SSSR count). The zero-order valence-corrected chi connectivity index (χ0v) is 9.63. The van der Waals surface area contributed by atoms with Crippen molar-refractivity contribution >= 4 is 5.69 Å². The Morgan fingerprint density at radius 3 is 2.94 bits per heavy atom. The van der Waals surface area contributed by atoms with Gasteiger partial charge in [-0.2, -0.15) is 0 Å². The molecular formula is C11H18N2O3. The molecule has 5 nitrogen and oxygen atoms in total. The maximum atomic E-state index is 9.60. The van der Waals surface area contributed by atoms with Crippen LogP contribution in [0.15, 0.2) is 18.5 Å². The number of methoxy groups -OCH3 is 1. The normalized spacial score (nSPS) is 12.5. The van der Waals surface area contributed by atoms with Gasteiger partial charge >= 0.3 is 0 Å². The fourth-order valence-corrected chi connectivity index (χ4v) is 1.57. The van der Waals surface area contributed by atoms with Crippen LogP contribution in [0.25, 0.3) is 0 Å². The minimum Gasteiger partial charge on any atom is -0.392 e. The van der Waals surface area contributed by atoms with Crippen LogP contribution in [0, 0.1) is 0 Å². The molecule has 5 heteroatoms. The van der Waals surface area contributed by atoms with Gasteiger partial charge in [0.05, 0.1) is 19.3 Å². The third kappa shape index (κ3) is 3.44. The summed E-state index contributed by atoms with van der Waals surface area (Å²) >= 11 is 0. The van der Waals surface area contributed by atoms with Crippen LogP contribution in [0.1, 0.15) is 5.56 Å². The number of hydrogen-bond donors (Lipinski definition) is 2. The fourth-order valence-electron chi connectivity index (χ4n) is 1.57. The second-order valence-corrected chi connectivity index (χ2v) is 3.65. The van der Waals surface area contributed by atoms with Crippen LogP contribution in [0.4, 0.5) is 5.69 Å². The summed E-state index contributed by atoms with van der Waals surface area (Å²) in [6, 6.07) is 1.81. The number of pyridine rings is 1. The molecule has 0 amide bonds. The predicted molar refractivity (Wildman–Crippen MR) is 61.3 cm³/mol. The zero-order chi connectivity index (χ0) is 12.0. The molecular weight excluding hydrogens is 208 g/mol. The average molecular weight is 226 g/mol. The molecule has 0 aliphatic heterocycles. The third-order valence-electron chi connectivity index (χ3n) is 2.30. The van der Waals surface area contributed by atoms with Crippen LogP contribution in [-0.4, -0.2) is 48.6 Å². The Bertz CT molecular complexity index is 320. The Morgan fingerprint density at radius 2 is 2.31 bits per heavy atom. The van der Waals surface area contributed by atoms with E-state index in [1.165, 1.54) is 0 Å². The van der Waals surface area contributed by atoms with Crippen molar-refractivity contribution in [2.45, 2.75) is 12.7 Å². The number of hydrogen-bond acceptors (Lipinski definition) is 5. The molecule has 0 saturated carbocycles. The van der Waals surface area contributed by atoms with Crippen molar-refractivity contribution in [2.24, 2.45) is 0 Å². The number of nitrogens with zero attached hydrogens (tertiary/aromatic N) is 2. The molecule has 16 heavy (non-hydrogen) atoms. The summed E-state index contributed by atoms with van der Waals surface area (Å²) in [5.74, 6) is 0. The Balaban J connectivity index is 2.68. The Hall–Kier alpha value is -1.17. The molecule has 0 aliphatic rings. The van der Waals surface area contributed by atoms with Crippen molar-refractivity contribution in [3.05, 3.63) is 24.0 Å². The van der Waals surface area contributed by atoms with Crippen molar-refractivity contribution in [2.75, 3.05) is 32.2 Å². The van der Waals surface area contributed by atoms with Crippen LogP contribution >= 0.6 is 0 Å². The number of anilines is 1. The molecule has 1 aromatic heterocycles. The van der Waals surface area contributed by atoms with Gasteiger partial charge in [0.2, 0.25) is 0 Å². The van der Waals surface area contributed by atoms with Crippen LogP contribution < -0.4 is 4.90 Å².